The molecule has 3 heteroatoms. The van der Waals surface area contributed by atoms with Gasteiger partial charge in [0.05, 0.1) is 6.61 Å². The molecule has 0 aliphatic heterocycles. The summed E-state index contributed by atoms with van der Waals surface area (Å²) in [5.74, 6) is 1.74. The van der Waals surface area contributed by atoms with Crippen LogP contribution in [0.15, 0.2) is 10.5 Å². The van der Waals surface area contributed by atoms with Crippen molar-refractivity contribution in [1.29, 1.82) is 0 Å². The van der Waals surface area contributed by atoms with Gasteiger partial charge in [-0.3, -0.25) is 0 Å². The quantitative estimate of drug-likeness (QED) is 0.733. The van der Waals surface area contributed by atoms with E-state index in [4.69, 9.17) is 10.2 Å². The Morgan fingerprint density at radius 3 is 2.80 bits per heavy atom. The van der Waals surface area contributed by atoms with Gasteiger partial charge in [-0.25, -0.2) is 0 Å². The summed E-state index contributed by atoms with van der Waals surface area (Å²) in [6, 6.07) is 2.06. The van der Waals surface area contributed by atoms with E-state index in [0.717, 1.165) is 37.2 Å². The van der Waals surface area contributed by atoms with Gasteiger partial charge in [0, 0.05) is 0 Å². The average Bonchev–Trinajstić information content (AvgIpc) is 2.91. The lowest BCUT2D eigenvalue weighted by Crippen LogP contribution is -2.51. The molecule has 1 unspecified atom stereocenters. The Morgan fingerprint density at radius 2 is 2.20 bits per heavy atom. The molecular formula is C12H17NO2. The minimum Gasteiger partial charge on any atom is -0.464 e. The molecule has 1 spiro atoms. The Bertz CT molecular complexity index is 406. The van der Waals surface area contributed by atoms with E-state index in [-0.39, 0.29) is 12.0 Å². The van der Waals surface area contributed by atoms with E-state index in [1.165, 1.54) is 5.56 Å². The van der Waals surface area contributed by atoms with Gasteiger partial charge < -0.3 is 15.3 Å². The minimum atomic E-state index is -0.630. The fourth-order valence-electron chi connectivity index (χ4n) is 3.05. The summed E-state index contributed by atoms with van der Waals surface area (Å²) in [6.07, 6.45) is 4.40. The van der Waals surface area contributed by atoms with E-state index in [1.54, 1.807) is 0 Å². The highest BCUT2D eigenvalue weighted by Crippen LogP contribution is 2.62. The number of furan rings is 1. The predicted molar refractivity (Wildman–Crippen MR) is 56.4 cm³/mol. The van der Waals surface area contributed by atoms with Crippen LogP contribution in [0, 0.1) is 12.3 Å². The maximum atomic E-state index is 9.60. The van der Waals surface area contributed by atoms with Gasteiger partial charge in [0.15, 0.2) is 0 Å². The third-order valence-corrected chi connectivity index (χ3v) is 4.26. The van der Waals surface area contributed by atoms with Gasteiger partial charge in [0.1, 0.15) is 17.1 Å². The minimum absolute atomic E-state index is 0.00699. The lowest BCUT2D eigenvalue weighted by atomic mass is 9.71. The van der Waals surface area contributed by atoms with Crippen molar-refractivity contribution >= 4 is 0 Å². The summed E-state index contributed by atoms with van der Waals surface area (Å²) in [7, 11) is 0. The van der Waals surface area contributed by atoms with Crippen LogP contribution in [0.1, 0.15) is 36.3 Å². The SMILES string of the molecule is Cc1cc2c(o1)C(N)(CO)C1(CC2)CC1. The van der Waals surface area contributed by atoms with E-state index >= 15 is 0 Å². The molecule has 2 aliphatic rings. The monoisotopic (exact) mass is 207 g/mol. The van der Waals surface area contributed by atoms with Gasteiger partial charge in [0.25, 0.3) is 0 Å². The average molecular weight is 207 g/mol. The second-order valence-corrected chi connectivity index (χ2v) is 5.12. The van der Waals surface area contributed by atoms with Crippen LogP contribution < -0.4 is 5.73 Å². The fraction of sp³-hybridized carbons (Fsp3) is 0.667. The van der Waals surface area contributed by atoms with Crippen LogP contribution in [-0.4, -0.2) is 11.7 Å². The first kappa shape index (κ1) is 9.43. The van der Waals surface area contributed by atoms with E-state index in [9.17, 15) is 5.11 Å². The maximum absolute atomic E-state index is 9.60. The molecule has 2 aliphatic carbocycles. The van der Waals surface area contributed by atoms with Crippen LogP contribution in [0.3, 0.4) is 0 Å². The van der Waals surface area contributed by atoms with Gasteiger partial charge >= 0.3 is 0 Å². The van der Waals surface area contributed by atoms with Crippen molar-refractivity contribution in [3.05, 3.63) is 23.2 Å². The molecule has 0 aromatic carbocycles. The maximum Gasteiger partial charge on any atom is 0.130 e. The molecule has 0 bridgehead atoms. The number of fused-ring (bicyclic) bond motifs is 1. The number of rotatable bonds is 1. The molecule has 0 radical (unpaired) electrons. The van der Waals surface area contributed by atoms with Crippen LogP contribution in [-0.2, 0) is 12.0 Å². The van der Waals surface area contributed by atoms with Crippen LogP contribution >= 0.6 is 0 Å². The summed E-state index contributed by atoms with van der Waals surface area (Å²) >= 11 is 0. The van der Waals surface area contributed by atoms with Gasteiger partial charge in [-0.05, 0) is 49.7 Å². The van der Waals surface area contributed by atoms with Crippen molar-refractivity contribution in [3.8, 4) is 0 Å². The zero-order chi connectivity index (χ0) is 10.7. The Kier molecular flexibility index (Phi) is 1.67. The summed E-state index contributed by atoms with van der Waals surface area (Å²) in [6.45, 7) is 1.93. The largest absolute Gasteiger partial charge is 0.464 e. The second-order valence-electron chi connectivity index (χ2n) is 5.12. The van der Waals surface area contributed by atoms with Crippen LogP contribution in [0.5, 0.6) is 0 Å². The third-order valence-electron chi connectivity index (χ3n) is 4.26. The van der Waals surface area contributed by atoms with Gasteiger partial charge in [-0.15, -0.1) is 0 Å². The van der Waals surface area contributed by atoms with Crippen molar-refractivity contribution in [2.24, 2.45) is 11.1 Å². The Hall–Kier alpha value is -0.800. The molecule has 0 amide bonds. The van der Waals surface area contributed by atoms with Crippen molar-refractivity contribution in [3.63, 3.8) is 0 Å². The second kappa shape index (κ2) is 2.66. The van der Waals surface area contributed by atoms with Crippen molar-refractivity contribution < 1.29 is 9.52 Å². The molecule has 1 aromatic heterocycles. The lowest BCUT2D eigenvalue weighted by Gasteiger charge is -2.39. The van der Waals surface area contributed by atoms with Gasteiger partial charge in [-0.1, -0.05) is 0 Å². The molecule has 3 rings (SSSR count). The molecule has 15 heavy (non-hydrogen) atoms. The van der Waals surface area contributed by atoms with Gasteiger partial charge in [0.2, 0.25) is 0 Å². The van der Waals surface area contributed by atoms with Crippen molar-refractivity contribution in [2.75, 3.05) is 6.61 Å². The first-order chi connectivity index (χ1) is 7.11. The zero-order valence-corrected chi connectivity index (χ0v) is 9.05. The molecule has 3 nitrogen and oxygen atoms in total. The Morgan fingerprint density at radius 1 is 1.47 bits per heavy atom. The first-order valence-electron chi connectivity index (χ1n) is 5.61. The highest BCUT2D eigenvalue weighted by molar-refractivity contribution is 5.36. The lowest BCUT2D eigenvalue weighted by molar-refractivity contribution is 0.0860. The normalized spacial score (nSPS) is 31.7. The van der Waals surface area contributed by atoms with Gasteiger partial charge in [-0.2, -0.15) is 0 Å². The van der Waals surface area contributed by atoms with Crippen LogP contribution in [0.25, 0.3) is 0 Å². The van der Waals surface area contributed by atoms with E-state index < -0.39 is 5.54 Å². The Balaban J connectivity index is 2.15. The molecule has 1 fully saturated rings. The van der Waals surface area contributed by atoms with E-state index in [0.29, 0.717) is 0 Å². The summed E-state index contributed by atoms with van der Waals surface area (Å²) in [5, 5.41) is 9.60. The predicted octanol–water partition coefficient (Wildman–Crippen LogP) is 1.46. The molecule has 3 N–H and O–H groups in total. The van der Waals surface area contributed by atoms with E-state index in [2.05, 4.69) is 6.07 Å². The molecule has 1 aromatic rings. The topological polar surface area (TPSA) is 59.4 Å². The molecule has 82 valence electrons. The molecular weight excluding hydrogens is 190 g/mol. The fourth-order valence-corrected chi connectivity index (χ4v) is 3.05. The summed E-state index contributed by atoms with van der Waals surface area (Å²) < 4.78 is 5.70. The van der Waals surface area contributed by atoms with Crippen molar-refractivity contribution in [1.82, 2.24) is 0 Å². The highest BCUT2D eigenvalue weighted by atomic mass is 16.3. The zero-order valence-electron chi connectivity index (χ0n) is 9.05. The van der Waals surface area contributed by atoms with Crippen molar-refractivity contribution in [2.45, 2.75) is 38.1 Å². The Labute approximate surface area is 89.3 Å². The van der Waals surface area contributed by atoms with E-state index in [1.807, 2.05) is 6.92 Å². The number of hydrogen-bond acceptors (Lipinski definition) is 3. The first-order valence-corrected chi connectivity index (χ1v) is 5.61. The highest BCUT2D eigenvalue weighted by Gasteiger charge is 2.61. The summed E-state index contributed by atoms with van der Waals surface area (Å²) in [4.78, 5) is 0. The number of nitrogens with two attached hydrogens (primary N) is 1. The summed E-state index contributed by atoms with van der Waals surface area (Å²) in [5.41, 5.74) is 7.07. The number of aliphatic hydroxyl groups is 1. The molecule has 1 atom stereocenters. The molecule has 1 heterocycles. The molecule has 1 saturated carbocycles. The third kappa shape index (κ3) is 1.02. The van der Waals surface area contributed by atoms with Crippen LogP contribution in [0.2, 0.25) is 0 Å². The number of hydrogen-bond donors (Lipinski definition) is 2. The standard InChI is InChI=1S/C12H17NO2/c1-8-6-9-2-3-11(4-5-11)12(13,7-14)10(9)15-8/h6,14H,2-5,7,13H2,1H3. The molecule has 0 saturated heterocycles. The van der Waals surface area contributed by atoms with Crippen LogP contribution in [0.4, 0.5) is 0 Å². The smallest absolute Gasteiger partial charge is 0.130 e. The number of aliphatic hydroxyl groups excluding tert-OH is 1. The number of aryl methyl sites for hydroxylation is 2.